The average molecular weight is 446 g/mol. The van der Waals surface area contributed by atoms with Crippen LogP contribution in [0, 0.1) is 0 Å². The fourth-order valence-corrected chi connectivity index (χ4v) is 3.89. The van der Waals surface area contributed by atoms with Crippen LogP contribution in [0.3, 0.4) is 0 Å². The third-order valence-corrected chi connectivity index (χ3v) is 5.57. The Kier molecular flexibility index (Phi) is 7.09. The molecule has 0 fully saturated rings. The molecular weight excluding hydrogens is 422 g/mol. The first kappa shape index (κ1) is 21.5. The molecule has 0 unspecified atom stereocenters. The van der Waals surface area contributed by atoms with Crippen molar-refractivity contribution in [3.63, 3.8) is 0 Å². The smallest absolute Gasteiger partial charge is 0.224 e. The van der Waals surface area contributed by atoms with Gasteiger partial charge in [0.15, 0.2) is 0 Å². The van der Waals surface area contributed by atoms with Crippen molar-refractivity contribution in [1.82, 2.24) is 9.97 Å². The fraction of sp³-hybridized carbons (Fsp3) is 0.160. The zero-order valence-electron chi connectivity index (χ0n) is 17.7. The van der Waals surface area contributed by atoms with Gasteiger partial charge < -0.3 is 14.8 Å². The molecule has 4 aromatic rings. The van der Waals surface area contributed by atoms with Crippen LogP contribution in [0.1, 0.15) is 12.8 Å². The summed E-state index contributed by atoms with van der Waals surface area (Å²) in [6.07, 6.45) is 2.76. The van der Waals surface area contributed by atoms with Gasteiger partial charge in [0.25, 0.3) is 0 Å². The second-order valence-corrected chi connectivity index (χ2v) is 7.87. The Hall–Kier alpha value is -3.71. The molecule has 0 spiro atoms. The van der Waals surface area contributed by atoms with Crippen molar-refractivity contribution in [2.75, 3.05) is 19.0 Å². The van der Waals surface area contributed by atoms with Crippen LogP contribution in [-0.2, 0) is 4.79 Å². The molecule has 1 N–H and O–H groups in total. The Balaban J connectivity index is 1.29. The number of nitrogens with one attached hydrogen (secondary N) is 1. The summed E-state index contributed by atoms with van der Waals surface area (Å²) in [6, 6.07) is 20.9. The molecule has 32 heavy (non-hydrogen) atoms. The van der Waals surface area contributed by atoms with E-state index in [4.69, 9.17) is 14.5 Å². The van der Waals surface area contributed by atoms with Crippen molar-refractivity contribution in [2.24, 2.45) is 0 Å². The average Bonchev–Trinajstić information content (AvgIpc) is 3.33. The molecule has 7 heteroatoms. The number of amides is 1. The third-order valence-electron chi connectivity index (χ3n) is 4.71. The highest BCUT2D eigenvalue weighted by Gasteiger charge is 2.09. The van der Waals surface area contributed by atoms with Crippen molar-refractivity contribution < 1.29 is 14.3 Å². The van der Waals surface area contributed by atoms with Crippen LogP contribution in [0.4, 0.5) is 5.69 Å². The van der Waals surface area contributed by atoms with Gasteiger partial charge in [0.05, 0.1) is 25.1 Å². The zero-order valence-corrected chi connectivity index (χ0v) is 18.5. The second kappa shape index (κ2) is 10.5. The van der Waals surface area contributed by atoms with Crippen molar-refractivity contribution in [2.45, 2.75) is 12.8 Å². The van der Waals surface area contributed by atoms with E-state index in [-0.39, 0.29) is 5.91 Å². The van der Waals surface area contributed by atoms with Crippen molar-refractivity contribution in [1.29, 1.82) is 0 Å². The Morgan fingerprint density at radius 3 is 2.62 bits per heavy atom. The van der Waals surface area contributed by atoms with Crippen LogP contribution in [0.5, 0.6) is 11.5 Å². The van der Waals surface area contributed by atoms with Crippen LogP contribution < -0.4 is 14.8 Å². The van der Waals surface area contributed by atoms with Crippen LogP contribution in [0.15, 0.2) is 78.3 Å². The number of benzene rings is 2. The number of methoxy groups -OCH3 is 1. The molecule has 0 aliphatic heterocycles. The number of rotatable bonds is 9. The lowest BCUT2D eigenvalue weighted by Gasteiger charge is -2.08. The first-order valence-corrected chi connectivity index (χ1v) is 11.1. The Morgan fingerprint density at radius 2 is 1.84 bits per heavy atom. The van der Waals surface area contributed by atoms with E-state index in [1.165, 1.54) is 0 Å². The summed E-state index contributed by atoms with van der Waals surface area (Å²) in [4.78, 5) is 21.4. The summed E-state index contributed by atoms with van der Waals surface area (Å²) in [7, 11) is 1.63. The number of ether oxygens (including phenoxy) is 2. The van der Waals surface area contributed by atoms with Gasteiger partial charge in [-0.1, -0.05) is 18.2 Å². The van der Waals surface area contributed by atoms with Gasteiger partial charge in [-0.3, -0.25) is 9.78 Å². The van der Waals surface area contributed by atoms with E-state index in [1.807, 2.05) is 72.1 Å². The summed E-state index contributed by atoms with van der Waals surface area (Å²) < 4.78 is 10.8. The number of thiazole rings is 1. The Morgan fingerprint density at radius 1 is 1.00 bits per heavy atom. The summed E-state index contributed by atoms with van der Waals surface area (Å²) in [5.41, 5.74) is 3.41. The van der Waals surface area contributed by atoms with Crippen molar-refractivity contribution in [3.05, 3.63) is 78.3 Å². The van der Waals surface area contributed by atoms with Crippen molar-refractivity contribution >= 4 is 22.9 Å². The number of nitrogens with zero attached hydrogens (tertiary/aromatic N) is 2. The quantitative estimate of drug-likeness (QED) is 0.336. The van der Waals surface area contributed by atoms with E-state index in [0.717, 1.165) is 39.1 Å². The SMILES string of the molecule is COc1ccc(OCCCC(=O)Nc2cccc(-c3csc(-c4ccccn4)n3)c2)cc1. The largest absolute Gasteiger partial charge is 0.497 e. The summed E-state index contributed by atoms with van der Waals surface area (Å²) in [6.45, 7) is 0.467. The molecule has 2 aromatic heterocycles. The van der Waals surface area contributed by atoms with E-state index in [0.29, 0.717) is 19.4 Å². The standard InChI is InChI=1S/C25H23N3O3S/c1-30-20-10-12-21(13-11-20)31-15-5-9-24(29)27-19-7-4-6-18(16-19)23-17-32-25(28-23)22-8-2-3-14-26-22/h2-4,6-8,10-14,16-17H,5,9,15H2,1H3,(H,27,29). The predicted molar refractivity (Wildman–Crippen MR) is 127 cm³/mol. The fourth-order valence-electron chi connectivity index (χ4n) is 3.09. The molecule has 2 aromatic carbocycles. The van der Waals surface area contributed by atoms with Crippen molar-refractivity contribution in [3.8, 4) is 33.5 Å². The molecule has 6 nitrogen and oxygen atoms in total. The molecule has 2 heterocycles. The molecule has 0 aliphatic carbocycles. The highest BCUT2D eigenvalue weighted by atomic mass is 32.1. The number of aromatic nitrogens is 2. The van der Waals surface area contributed by atoms with Gasteiger partial charge in [-0.2, -0.15) is 0 Å². The first-order chi connectivity index (χ1) is 15.7. The van der Waals surface area contributed by atoms with Gasteiger partial charge in [-0.25, -0.2) is 4.98 Å². The summed E-state index contributed by atoms with van der Waals surface area (Å²) in [5.74, 6) is 1.49. The predicted octanol–water partition coefficient (Wildman–Crippen LogP) is 5.68. The van der Waals surface area contributed by atoms with Crippen LogP contribution >= 0.6 is 11.3 Å². The Bertz CT molecular complexity index is 1160. The summed E-state index contributed by atoms with van der Waals surface area (Å²) >= 11 is 1.55. The molecule has 0 aliphatic rings. The minimum Gasteiger partial charge on any atom is -0.497 e. The molecule has 1 amide bonds. The molecular formula is C25H23N3O3S. The van der Waals surface area contributed by atoms with Gasteiger partial charge in [-0.05, 0) is 55.0 Å². The van der Waals surface area contributed by atoms with Crippen LogP contribution in [0.2, 0.25) is 0 Å². The van der Waals surface area contributed by atoms with Gasteiger partial charge >= 0.3 is 0 Å². The minimum absolute atomic E-state index is 0.0482. The molecule has 162 valence electrons. The number of anilines is 1. The molecule has 4 rings (SSSR count). The zero-order chi connectivity index (χ0) is 22.2. The van der Waals surface area contributed by atoms with E-state index in [2.05, 4.69) is 10.3 Å². The molecule has 0 radical (unpaired) electrons. The van der Waals surface area contributed by atoms with E-state index in [1.54, 1.807) is 24.6 Å². The highest BCUT2D eigenvalue weighted by molar-refractivity contribution is 7.13. The third kappa shape index (κ3) is 5.70. The normalized spacial score (nSPS) is 10.5. The number of pyridine rings is 1. The molecule has 0 saturated carbocycles. The van der Waals surface area contributed by atoms with Gasteiger partial charge in [0.2, 0.25) is 5.91 Å². The maximum absolute atomic E-state index is 12.3. The molecule has 0 saturated heterocycles. The lowest BCUT2D eigenvalue weighted by molar-refractivity contribution is -0.116. The van der Waals surface area contributed by atoms with Gasteiger partial charge in [0, 0.05) is 29.2 Å². The first-order valence-electron chi connectivity index (χ1n) is 10.3. The van der Waals surface area contributed by atoms with E-state index in [9.17, 15) is 4.79 Å². The lowest BCUT2D eigenvalue weighted by Crippen LogP contribution is -2.12. The number of hydrogen-bond donors (Lipinski definition) is 1. The molecule has 0 bridgehead atoms. The van der Waals surface area contributed by atoms with Gasteiger partial charge in [-0.15, -0.1) is 11.3 Å². The molecule has 0 atom stereocenters. The van der Waals surface area contributed by atoms with E-state index < -0.39 is 0 Å². The number of hydrogen-bond acceptors (Lipinski definition) is 6. The van der Waals surface area contributed by atoms with Gasteiger partial charge in [0.1, 0.15) is 16.5 Å². The summed E-state index contributed by atoms with van der Waals surface area (Å²) in [5, 5.41) is 5.83. The maximum atomic E-state index is 12.3. The highest BCUT2D eigenvalue weighted by Crippen LogP contribution is 2.29. The minimum atomic E-state index is -0.0482. The second-order valence-electron chi connectivity index (χ2n) is 7.01. The Labute approximate surface area is 190 Å². The monoisotopic (exact) mass is 445 g/mol. The topological polar surface area (TPSA) is 73.3 Å². The maximum Gasteiger partial charge on any atom is 0.224 e. The van der Waals surface area contributed by atoms with Crippen LogP contribution in [-0.4, -0.2) is 29.6 Å². The van der Waals surface area contributed by atoms with Crippen LogP contribution in [0.25, 0.3) is 22.0 Å². The number of carbonyl (C=O) groups excluding carboxylic acids is 1. The number of carbonyl (C=O) groups is 1. The lowest BCUT2D eigenvalue weighted by atomic mass is 10.1. The van der Waals surface area contributed by atoms with E-state index >= 15 is 0 Å².